The van der Waals surface area contributed by atoms with Crippen molar-refractivity contribution in [3.8, 4) is 5.69 Å². The van der Waals surface area contributed by atoms with Gasteiger partial charge in [0.1, 0.15) is 0 Å². The van der Waals surface area contributed by atoms with Crippen molar-refractivity contribution < 1.29 is 4.79 Å². The highest BCUT2D eigenvalue weighted by Crippen LogP contribution is 2.52. The Morgan fingerprint density at radius 2 is 1.79 bits per heavy atom. The Labute approximate surface area is 205 Å². The largest absolute Gasteiger partial charge is 0.338 e. The molecule has 2 unspecified atom stereocenters. The highest BCUT2D eigenvalue weighted by atomic mass is 32.2. The predicted octanol–water partition coefficient (Wildman–Crippen LogP) is 5.52. The van der Waals surface area contributed by atoms with Gasteiger partial charge in [-0.05, 0) is 79.3 Å². The van der Waals surface area contributed by atoms with E-state index >= 15 is 0 Å². The summed E-state index contributed by atoms with van der Waals surface area (Å²) in [4.78, 5) is 33.9. The quantitative estimate of drug-likeness (QED) is 0.368. The monoisotopic (exact) mass is 475 g/mol. The van der Waals surface area contributed by atoms with E-state index in [4.69, 9.17) is 4.98 Å². The van der Waals surface area contributed by atoms with Gasteiger partial charge in [-0.25, -0.2) is 4.98 Å². The van der Waals surface area contributed by atoms with Crippen LogP contribution in [0.15, 0.2) is 52.4 Å². The number of rotatable bonds is 4. The molecule has 1 aromatic heterocycles. The van der Waals surface area contributed by atoms with Gasteiger partial charge >= 0.3 is 0 Å². The maximum absolute atomic E-state index is 13.6. The summed E-state index contributed by atoms with van der Waals surface area (Å²) in [5, 5.41) is 1.15. The number of nitrogens with zero attached hydrogens (tertiary/aromatic N) is 3. The molecule has 3 aromatic rings. The van der Waals surface area contributed by atoms with Crippen molar-refractivity contribution in [2.24, 2.45) is 10.8 Å². The maximum atomic E-state index is 13.6. The minimum absolute atomic E-state index is 0.100. The lowest BCUT2D eigenvalue weighted by Crippen LogP contribution is -2.38. The lowest BCUT2D eigenvalue weighted by molar-refractivity contribution is -0.129. The van der Waals surface area contributed by atoms with E-state index in [9.17, 15) is 9.59 Å². The zero-order valence-corrected chi connectivity index (χ0v) is 21.5. The van der Waals surface area contributed by atoms with Crippen molar-refractivity contribution in [3.05, 3.63) is 63.9 Å². The first-order valence-electron chi connectivity index (χ1n) is 12.1. The second-order valence-electron chi connectivity index (χ2n) is 11.4. The Morgan fingerprint density at radius 1 is 1.09 bits per heavy atom. The number of benzene rings is 2. The topological polar surface area (TPSA) is 55.2 Å². The third kappa shape index (κ3) is 4.28. The van der Waals surface area contributed by atoms with E-state index in [0.717, 1.165) is 42.6 Å². The number of thioether (sulfide) groups is 1. The molecule has 5 nitrogen and oxygen atoms in total. The highest BCUT2D eigenvalue weighted by Gasteiger charge is 2.50. The standard InChI is InChI=1S/C28H33N3O2S/c1-18-10-19(2)12-20(11-18)31-25(33)22-8-6-7-9-23(22)29-26(31)34-15-24(32)30-17-28(5)14-21(30)13-27(3,4)16-28/h6-12,21H,13-17H2,1-5H3. The molecule has 1 saturated carbocycles. The Kier molecular flexibility index (Phi) is 5.63. The number of carbonyl (C=O) groups is 1. The molecule has 5 rings (SSSR count). The predicted molar refractivity (Wildman–Crippen MR) is 139 cm³/mol. The van der Waals surface area contributed by atoms with Gasteiger partial charge in [-0.1, -0.05) is 50.7 Å². The van der Waals surface area contributed by atoms with Crippen LogP contribution in [0.3, 0.4) is 0 Å². The summed E-state index contributed by atoms with van der Waals surface area (Å²) < 4.78 is 1.67. The average molecular weight is 476 g/mol. The summed E-state index contributed by atoms with van der Waals surface area (Å²) in [6, 6.07) is 13.8. The van der Waals surface area contributed by atoms with Crippen LogP contribution in [0, 0.1) is 24.7 Å². The molecule has 6 heteroatoms. The molecule has 1 amide bonds. The van der Waals surface area contributed by atoms with E-state index in [1.165, 1.54) is 11.8 Å². The summed E-state index contributed by atoms with van der Waals surface area (Å²) in [7, 11) is 0. The zero-order chi connectivity index (χ0) is 24.3. The van der Waals surface area contributed by atoms with Crippen LogP contribution in [0.1, 0.15) is 51.2 Å². The van der Waals surface area contributed by atoms with E-state index in [1.54, 1.807) is 4.57 Å². The fraction of sp³-hybridized carbons (Fsp3) is 0.464. The van der Waals surface area contributed by atoms with Crippen LogP contribution in [-0.4, -0.2) is 38.7 Å². The molecule has 0 spiro atoms. The first-order valence-corrected chi connectivity index (χ1v) is 13.0. The van der Waals surface area contributed by atoms with E-state index in [2.05, 4.69) is 31.7 Å². The first kappa shape index (κ1) is 23.2. The number of fused-ring (bicyclic) bond motifs is 3. The minimum atomic E-state index is -0.100. The van der Waals surface area contributed by atoms with Crippen LogP contribution < -0.4 is 5.56 Å². The number of likely N-dealkylation sites (tertiary alicyclic amines) is 1. The molecule has 1 saturated heterocycles. The summed E-state index contributed by atoms with van der Waals surface area (Å²) in [6.45, 7) is 11.8. The van der Waals surface area contributed by atoms with Gasteiger partial charge in [-0.3, -0.25) is 14.2 Å². The molecule has 0 radical (unpaired) electrons. The van der Waals surface area contributed by atoms with Crippen molar-refractivity contribution in [3.63, 3.8) is 0 Å². The van der Waals surface area contributed by atoms with Crippen molar-refractivity contribution in [2.75, 3.05) is 12.3 Å². The van der Waals surface area contributed by atoms with Crippen LogP contribution in [0.4, 0.5) is 0 Å². The molecule has 2 fully saturated rings. The molecule has 2 aliphatic rings. The fourth-order valence-corrected chi connectivity index (χ4v) is 7.38. The third-order valence-electron chi connectivity index (χ3n) is 7.27. The molecule has 1 aliphatic carbocycles. The number of amides is 1. The molecule has 34 heavy (non-hydrogen) atoms. The number of carbonyl (C=O) groups excluding carboxylic acids is 1. The molecule has 2 bridgehead atoms. The maximum Gasteiger partial charge on any atom is 0.266 e. The van der Waals surface area contributed by atoms with Crippen LogP contribution in [0.2, 0.25) is 0 Å². The van der Waals surface area contributed by atoms with Gasteiger partial charge in [0.05, 0.1) is 22.3 Å². The van der Waals surface area contributed by atoms with Gasteiger partial charge in [0, 0.05) is 12.6 Å². The zero-order valence-electron chi connectivity index (χ0n) is 20.7. The second-order valence-corrected chi connectivity index (χ2v) is 12.4. The van der Waals surface area contributed by atoms with E-state index in [-0.39, 0.29) is 28.0 Å². The SMILES string of the molecule is Cc1cc(C)cc(-n2c(SCC(=O)N3CC4(C)CC3CC(C)(C)C4)nc3ccccc3c2=O)c1. The highest BCUT2D eigenvalue weighted by molar-refractivity contribution is 7.99. The Morgan fingerprint density at radius 3 is 2.53 bits per heavy atom. The molecular weight excluding hydrogens is 442 g/mol. The van der Waals surface area contributed by atoms with Gasteiger partial charge in [0.25, 0.3) is 5.56 Å². The Bertz CT molecular complexity index is 1320. The smallest absolute Gasteiger partial charge is 0.266 e. The first-order chi connectivity index (χ1) is 16.0. The van der Waals surface area contributed by atoms with Crippen LogP contribution in [0.5, 0.6) is 0 Å². The Hall–Kier alpha value is -2.60. The lowest BCUT2D eigenvalue weighted by Gasteiger charge is -2.39. The summed E-state index contributed by atoms with van der Waals surface area (Å²) in [5.41, 5.74) is 4.00. The molecule has 178 valence electrons. The molecule has 2 atom stereocenters. The van der Waals surface area contributed by atoms with Crippen molar-refractivity contribution in [1.82, 2.24) is 14.5 Å². The van der Waals surface area contributed by atoms with Crippen molar-refractivity contribution >= 4 is 28.6 Å². The van der Waals surface area contributed by atoms with Crippen LogP contribution in [0.25, 0.3) is 16.6 Å². The number of hydrogen-bond acceptors (Lipinski definition) is 4. The summed E-state index contributed by atoms with van der Waals surface area (Å²) >= 11 is 1.37. The Balaban J connectivity index is 1.48. The van der Waals surface area contributed by atoms with E-state index in [0.29, 0.717) is 22.1 Å². The van der Waals surface area contributed by atoms with Crippen LogP contribution >= 0.6 is 11.8 Å². The molecule has 2 heterocycles. The fourth-order valence-electron chi connectivity index (χ4n) is 6.48. The van der Waals surface area contributed by atoms with E-state index in [1.807, 2.05) is 50.2 Å². The summed E-state index contributed by atoms with van der Waals surface area (Å²) in [6.07, 6.45) is 3.31. The normalized spacial score (nSPS) is 23.4. The summed E-state index contributed by atoms with van der Waals surface area (Å²) in [5.74, 6) is 0.425. The van der Waals surface area contributed by atoms with Crippen molar-refractivity contribution in [2.45, 2.75) is 65.1 Å². The molecule has 1 aliphatic heterocycles. The third-order valence-corrected chi connectivity index (χ3v) is 8.19. The molecule has 2 aromatic carbocycles. The number of para-hydroxylation sites is 1. The number of aromatic nitrogens is 2. The van der Waals surface area contributed by atoms with Gasteiger partial charge in [0.2, 0.25) is 5.91 Å². The van der Waals surface area contributed by atoms with Gasteiger partial charge < -0.3 is 4.90 Å². The molecule has 0 N–H and O–H groups in total. The number of hydrogen-bond donors (Lipinski definition) is 0. The second kappa shape index (κ2) is 8.26. The minimum Gasteiger partial charge on any atom is -0.338 e. The van der Waals surface area contributed by atoms with Gasteiger partial charge in [-0.2, -0.15) is 0 Å². The van der Waals surface area contributed by atoms with Crippen LogP contribution in [-0.2, 0) is 4.79 Å². The average Bonchev–Trinajstić information content (AvgIpc) is 3.00. The molecular formula is C28H33N3O2S. The van der Waals surface area contributed by atoms with Gasteiger partial charge in [-0.15, -0.1) is 0 Å². The lowest BCUT2D eigenvalue weighted by atomic mass is 9.65. The van der Waals surface area contributed by atoms with E-state index < -0.39 is 0 Å². The van der Waals surface area contributed by atoms with Crippen molar-refractivity contribution in [1.29, 1.82) is 0 Å². The van der Waals surface area contributed by atoms with Gasteiger partial charge in [0.15, 0.2) is 5.16 Å². The number of aryl methyl sites for hydroxylation is 2.